The molecule has 0 fully saturated rings. The number of methoxy groups -OCH3 is 1. The van der Waals surface area contributed by atoms with Crippen molar-refractivity contribution in [2.24, 2.45) is 0 Å². The van der Waals surface area contributed by atoms with E-state index in [9.17, 15) is 9.59 Å². The summed E-state index contributed by atoms with van der Waals surface area (Å²) in [5.41, 5.74) is 1.86. The van der Waals surface area contributed by atoms with E-state index in [0.717, 1.165) is 0 Å². The van der Waals surface area contributed by atoms with Crippen LogP contribution in [-0.2, 0) is 0 Å². The van der Waals surface area contributed by atoms with Crippen molar-refractivity contribution in [1.29, 1.82) is 0 Å². The molecule has 0 bridgehead atoms. The summed E-state index contributed by atoms with van der Waals surface area (Å²) in [6.45, 7) is 1.69. The summed E-state index contributed by atoms with van der Waals surface area (Å²) in [4.78, 5) is 32.3. The molecule has 0 saturated heterocycles. The number of amides is 3. The summed E-state index contributed by atoms with van der Waals surface area (Å²) in [7, 11) is 4.52. The smallest absolute Gasteiger partial charge is 0.320 e. The molecule has 30 heavy (non-hydrogen) atoms. The van der Waals surface area contributed by atoms with Crippen molar-refractivity contribution in [1.82, 2.24) is 25.8 Å². The number of ether oxygens (including phenoxy) is 1. The predicted octanol–water partition coefficient (Wildman–Crippen LogP) is 2.30. The minimum absolute atomic E-state index is 0.258. The Labute approximate surface area is 172 Å². The minimum atomic E-state index is -0.437. The molecule has 1 aromatic carbocycles. The van der Waals surface area contributed by atoms with E-state index in [4.69, 9.17) is 9.26 Å². The van der Waals surface area contributed by atoms with Gasteiger partial charge in [-0.05, 0) is 12.1 Å². The molecule has 2 heterocycles. The number of rotatable bonds is 6. The quantitative estimate of drug-likeness (QED) is 0.484. The van der Waals surface area contributed by atoms with Crippen molar-refractivity contribution in [3.8, 4) is 17.1 Å². The number of aryl methyl sites for hydroxylation is 1. The Morgan fingerprint density at radius 1 is 1.13 bits per heavy atom. The Bertz CT molecular complexity index is 1080. The topological polar surface area (TPSA) is 143 Å². The van der Waals surface area contributed by atoms with Crippen LogP contribution in [0.3, 0.4) is 0 Å². The van der Waals surface area contributed by atoms with Gasteiger partial charge in [-0.1, -0.05) is 11.2 Å². The van der Waals surface area contributed by atoms with Gasteiger partial charge in [0, 0.05) is 33.3 Å². The van der Waals surface area contributed by atoms with Gasteiger partial charge in [0.25, 0.3) is 5.91 Å². The summed E-state index contributed by atoms with van der Waals surface area (Å²) >= 11 is 0. The Balaban J connectivity index is 2.05. The first-order chi connectivity index (χ1) is 14.5. The van der Waals surface area contributed by atoms with Crippen LogP contribution in [0.4, 0.5) is 22.0 Å². The molecule has 4 N–H and O–H groups in total. The largest absolute Gasteiger partial charge is 0.494 e. The van der Waals surface area contributed by atoms with E-state index in [1.165, 1.54) is 27.4 Å². The van der Waals surface area contributed by atoms with Crippen molar-refractivity contribution in [2.45, 2.75) is 6.92 Å². The molecule has 0 spiro atoms. The molecule has 11 nitrogen and oxygen atoms in total. The number of hydrogen-bond donors (Lipinski definition) is 4. The number of aromatic nitrogens is 3. The van der Waals surface area contributed by atoms with Gasteiger partial charge in [0.15, 0.2) is 5.75 Å². The van der Waals surface area contributed by atoms with E-state index in [1.807, 2.05) is 0 Å². The van der Waals surface area contributed by atoms with Crippen LogP contribution in [0.15, 0.2) is 35.0 Å². The standard InChI is InChI=1S/C19H21N7O4/c1-10-23-17(26-30-10)11-6-5-7-13(16(11)29-4)24-14-8-15(25-19(28)21-3)22-9-12(14)18(27)20-2/h5-9H,1-4H3,(H,20,27)(H3,21,22,24,25,28). The van der Waals surface area contributed by atoms with Gasteiger partial charge in [0.2, 0.25) is 11.7 Å². The van der Waals surface area contributed by atoms with E-state index >= 15 is 0 Å². The maximum atomic E-state index is 12.3. The fraction of sp³-hybridized carbons (Fsp3) is 0.211. The summed E-state index contributed by atoms with van der Waals surface area (Å²) in [6, 6.07) is 6.46. The lowest BCUT2D eigenvalue weighted by atomic mass is 10.1. The number of carbonyl (C=O) groups is 2. The molecule has 0 saturated carbocycles. The van der Waals surface area contributed by atoms with Crippen molar-refractivity contribution in [3.05, 3.63) is 41.9 Å². The highest BCUT2D eigenvalue weighted by Gasteiger charge is 2.18. The second kappa shape index (κ2) is 8.90. The number of anilines is 3. The molecule has 0 atom stereocenters. The zero-order valence-corrected chi connectivity index (χ0v) is 16.9. The van der Waals surface area contributed by atoms with E-state index in [-0.39, 0.29) is 17.3 Å². The molecule has 11 heteroatoms. The molecule has 0 aliphatic rings. The first kappa shape index (κ1) is 20.6. The first-order valence-corrected chi connectivity index (χ1v) is 8.92. The Hall–Kier alpha value is -4.15. The number of carbonyl (C=O) groups excluding carboxylic acids is 2. The summed E-state index contributed by atoms with van der Waals surface area (Å²) in [5, 5.41) is 14.7. The van der Waals surface area contributed by atoms with Crippen LogP contribution in [0.25, 0.3) is 11.4 Å². The summed E-state index contributed by atoms with van der Waals surface area (Å²) in [6.07, 6.45) is 1.37. The molecule has 156 valence electrons. The zero-order valence-electron chi connectivity index (χ0n) is 16.9. The molecule has 0 radical (unpaired) electrons. The molecule has 3 aromatic rings. The normalized spacial score (nSPS) is 10.3. The molecule has 2 aromatic heterocycles. The Morgan fingerprint density at radius 2 is 1.93 bits per heavy atom. The second-order valence-electron chi connectivity index (χ2n) is 6.05. The van der Waals surface area contributed by atoms with Crippen LogP contribution >= 0.6 is 0 Å². The number of para-hydroxylation sites is 1. The fourth-order valence-corrected chi connectivity index (χ4v) is 2.71. The lowest BCUT2D eigenvalue weighted by molar-refractivity contribution is 0.0963. The number of urea groups is 1. The van der Waals surface area contributed by atoms with Gasteiger partial charge >= 0.3 is 6.03 Å². The second-order valence-corrected chi connectivity index (χ2v) is 6.05. The van der Waals surface area contributed by atoms with Crippen LogP contribution in [-0.4, -0.2) is 48.3 Å². The van der Waals surface area contributed by atoms with Crippen LogP contribution in [0.1, 0.15) is 16.2 Å². The predicted molar refractivity (Wildman–Crippen MR) is 110 cm³/mol. The number of nitrogens with one attached hydrogen (secondary N) is 4. The molecule has 0 aliphatic carbocycles. The van der Waals surface area contributed by atoms with Crippen molar-refractivity contribution >= 4 is 29.1 Å². The maximum Gasteiger partial charge on any atom is 0.320 e. The third-order valence-electron chi connectivity index (χ3n) is 4.10. The van der Waals surface area contributed by atoms with Crippen LogP contribution in [0, 0.1) is 6.92 Å². The number of nitrogens with zero attached hydrogens (tertiary/aromatic N) is 3. The molecule has 0 aliphatic heterocycles. The van der Waals surface area contributed by atoms with Gasteiger partial charge in [-0.2, -0.15) is 4.98 Å². The third kappa shape index (κ3) is 4.29. The van der Waals surface area contributed by atoms with E-state index < -0.39 is 6.03 Å². The fourth-order valence-electron chi connectivity index (χ4n) is 2.71. The molecular weight excluding hydrogens is 390 g/mol. The van der Waals surface area contributed by atoms with Crippen molar-refractivity contribution in [2.75, 3.05) is 31.8 Å². The van der Waals surface area contributed by atoms with E-state index in [1.54, 1.807) is 31.2 Å². The van der Waals surface area contributed by atoms with Gasteiger partial charge in [-0.3, -0.25) is 10.1 Å². The molecule has 0 unspecified atom stereocenters. The van der Waals surface area contributed by atoms with Gasteiger partial charge in [-0.15, -0.1) is 0 Å². The van der Waals surface area contributed by atoms with E-state index in [0.29, 0.717) is 34.4 Å². The number of benzene rings is 1. The highest BCUT2D eigenvalue weighted by Crippen LogP contribution is 2.37. The van der Waals surface area contributed by atoms with E-state index in [2.05, 4.69) is 36.4 Å². The van der Waals surface area contributed by atoms with Gasteiger partial charge < -0.3 is 25.2 Å². The molecular formula is C19H21N7O4. The SMILES string of the molecule is CNC(=O)Nc1cc(Nc2cccc(-c3noc(C)n3)c2OC)c(C(=O)NC)cn1. The van der Waals surface area contributed by atoms with Crippen LogP contribution in [0.5, 0.6) is 5.75 Å². The zero-order chi connectivity index (χ0) is 21.7. The van der Waals surface area contributed by atoms with Crippen molar-refractivity contribution < 1.29 is 18.8 Å². The Kier molecular flexibility index (Phi) is 6.11. The van der Waals surface area contributed by atoms with Crippen molar-refractivity contribution in [3.63, 3.8) is 0 Å². The first-order valence-electron chi connectivity index (χ1n) is 8.92. The monoisotopic (exact) mass is 411 g/mol. The van der Waals surface area contributed by atoms with Gasteiger partial charge in [0.05, 0.1) is 29.6 Å². The average Bonchev–Trinajstić information content (AvgIpc) is 3.19. The Morgan fingerprint density at radius 3 is 2.57 bits per heavy atom. The van der Waals surface area contributed by atoms with Gasteiger partial charge in [-0.25, -0.2) is 9.78 Å². The highest BCUT2D eigenvalue weighted by molar-refractivity contribution is 6.01. The lowest BCUT2D eigenvalue weighted by Gasteiger charge is -2.16. The highest BCUT2D eigenvalue weighted by atomic mass is 16.5. The summed E-state index contributed by atoms with van der Waals surface area (Å²) < 4.78 is 10.6. The summed E-state index contributed by atoms with van der Waals surface area (Å²) in [5.74, 6) is 1.16. The van der Waals surface area contributed by atoms with Crippen LogP contribution < -0.4 is 26.0 Å². The molecule has 3 rings (SSSR count). The minimum Gasteiger partial charge on any atom is -0.494 e. The van der Waals surface area contributed by atoms with Crippen LogP contribution in [0.2, 0.25) is 0 Å². The number of pyridine rings is 1. The third-order valence-corrected chi connectivity index (χ3v) is 4.10. The van der Waals surface area contributed by atoms with Gasteiger partial charge in [0.1, 0.15) is 5.82 Å². The number of hydrogen-bond acceptors (Lipinski definition) is 8. The maximum absolute atomic E-state index is 12.3. The molecule has 3 amide bonds. The average molecular weight is 411 g/mol. The lowest BCUT2D eigenvalue weighted by Crippen LogP contribution is -2.25.